The van der Waals surface area contributed by atoms with Gasteiger partial charge in [0.1, 0.15) is 11.7 Å². The highest BCUT2D eigenvalue weighted by Crippen LogP contribution is 2.31. The van der Waals surface area contributed by atoms with Crippen LogP contribution in [-0.2, 0) is 33.9 Å². The molecule has 1 aromatic carbocycles. The van der Waals surface area contributed by atoms with Crippen LogP contribution in [0, 0.1) is 0 Å². The van der Waals surface area contributed by atoms with Crippen LogP contribution in [0.15, 0.2) is 64.9 Å². The number of hydrogen-bond donors (Lipinski definition) is 1. The summed E-state index contributed by atoms with van der Waals surface area (Å²) in [7, 11) is -1.81. The van der Waals surface area contributed by atoms with E-state index in [1.165, 1.54) is 48.6 Å². The van der Waals surface area contributed by atoms with Crippen molar-refractivity contribution < 1.29 is 37.4 Å². The number of methoxy groups -OCH3 is 2. The zero-order valence-electron chi connectivity index (χ0n) is 18.1. The van der Waals surface area contributed by atoms with Crippen LogP contribution in [0.25, 0.3) is 0 Å². The second kappa shape index (κ2) is 10.0. The van der Waals surface area contributed by atoms with Crippen LogP contribution in [0.5, 0.6) is 0 Å². The molecule has 10 nitrogen and oxygen atoms in total. The molecule has 0 spiro atoms. The lowest BCUT2D eigenvalue weighted by atomic mass is 10.1. The zero-order chi connectivity index (χ0) is 24.2. The topological polar surface area (TPSA) is 131 Å². The number of rotatable bonds is 6. The van der Waals surface area contributed by atoms with Crippen LogP contribution in [-0.4, -0.2) is 62.5 Å². The van der Waals surface area contributed by atoms with Crippen LogP contribution in [0.3, 0.4) is 0 Å². The Labute approximate surface area is 191 Å². The predicted molar refractivity (Wildman–Crippen MR) is 117 cm³/mol. The Bertz CT molecular complexity index is 1150. The van der Waals surface area contributed by atoms with Crippen molar-refractivity contribution in [3.05, 3.63) is 60.0 Å². The second-order valence-corrected chi connectivity index (χ2v) is 9.17. The zero-order valence-corrected chi connectivity index (χ0v) is 18.9. The molecule has 0 aliphatic carbocycles. The number of allylic oxidation sites excluding steroid dienone is 2. The standard InChI is InChI=1S/C22H24N2O8S/c1-31-21(27)17-10-3-5-12-23(19(17)22(28)32-2)15-8-7-9-16(14-15)33(29,30)24-13-6-4-11-18(24)20(25)26/h3,5,7-10,12,14,18H,4,6,11,13H2,1-2H3,(H,25,26). The summed E-state index contributed by atoms with van der Waals surface area (Å²) in [5, 5.41) is 9.50. The molecule has 0 bridgehead atoms. The Morgan fingerprint density at radius 3 is 2.45 bits per heavy atom. The van der Waals surface area contributed by atoms with Gasteiger partial charge in [0, 0.05) is 18.4 Å². The molecule has 0 radical (unpaired) electrons. The van der Waals surface area contributed by atoms with E-state index in [1.54, 1.807) is 12.1 Å². The van der Waals surface area contributed by atoms with Gasteiger partial charge in [0.2, 0.25) is 10.0 Å². The maximum Gasteiger partial charge on any atom is 0.355 e. The number of esters is 2. The molecular formula is C22H24N2O8S. The Hall–Kier alpha value is -3.44. The lowest BCUT2D eigenvalue weighted by molar-refractivity contribution is -0.142. The maximum absolute atomic E-state index is 13.3. The van der Waals surface area contributed by atoms with E-state index in [0.717, 1.165) is 11.4 Å². The van der Waals surface area contributed by atoms with Gasteiger partial charge in [-0.2, -0.15) is 4.31 Å². The molecule has 0 amide bonds. The first kappa shape index (κ1) is 24.2. The van der Waals surface area contributed by atoms with Gasteiger partial charge in [-0.1, -0.05) is 12.1 Å². The highest BCUT2D eigenvalue weighted by atomic mass is 32.2. The number of aliphatic carboxylic acids is 1. The van der Waals surface area contributed by atoms with Crippen molar-refractivity contribution in [2.45, 2.75) is 30.2 Å². The van der Waals surface area contributed by atoms with Gasteiger partial charge in [-0.25, -0.2) is 18.0 Å². The molecule has 0 saturated carbocycles. The molecular weight excluding hydrogens is 452 g/mol. The summed E-state index contributed by atoms with van der Waals surface area (Å²) in [5.41, 5.74) is 0.0107. The molecule has 1 unspecified atom stereocenters. The summed E-state index contributed by atoms with van der Waals surface area (Å²) in [6.07, 6.45) is 7.36. The van der Waals surface area contributed by atoms with Gasteiger partial charge in [0.25, 0.3) is 0 Å². The summed E-state index contributed by atoms with van der Waals surface area (Å²) in [6.45, 7) is 0.0941. The van der Waals surface area contributed by atoms with E-state index in [1.807, 2.05) is 0 Å². The molecule has 1 fully saturated rings. The minimum absolute atomic E-state index is 0.0791. The smallest absolute Gasteiger partial charge is 0.355 e. The van der Waals surface area contributed by atoms with Gasteiger partial charge < -0.3 is 19.5 Å². The molecule has 2 aliphatic rings. The van der Waals surface area contributed by atoms with Crippen LogP contribution in [0.1, 0.15) is 19.3 Å². The highest BCUT2D eigenvalue weighted by Gasteiger charge is 2.38. The fraction of sp³-hybridized carbons (Fsp3) is 0.318. The summed E-state index contributed by atoms with van der Waals surface area (Å²) in [5.74, 6) is -2.81. The first-order valence-electron chi connectivity index (χ1n) is 10.1. The molecule has 1 atom stereocenters. The first-order chi connectivity index (χ1) is 15.7. The highest BCUT2D eigenvalue weighted by molar-refractivity contribution is 7.89. The van der Waals surface area contributed by atoms with Gasteiger partial charge in [-0.05, 0) is 49.6 Å². The average Bonchev–Trinajstić information content (AvgIpc) is 3.06. The fourth-order valence-electron chi connectivity index (χ4n) is 3.73. The summed E-state index contributed by atoms with van der Waals surface area (Å²) in [4.78, 5) is 37.7. The molecule has 0 aromatic heterocycles. The van der Waals surface area contributed by atoms with E-state index in [-0.39, 0.29) is 34.8 Å². The molecule has 11 heteroatoms. The van der Waals surface area contributed by atoms with Crippen molar-refractivity contribution in [3.8, 4) is 0 Å². The Kier molecular flexibility index (Phi) is 7.34. The van der Waals surface area contributed by atoms with E-state index >= 15 is 0 Å². The largest absolute Gasteiger partial charge is 0.480 e. The number of piperidine rings is 1. The minimum atomic E-state index is -4.14. The van der Waals surface area contributed by atoms with Gasteiger partial charge >= 0.3 is 17.9 Å². The Morgan fingerprint density at radius 1 is 1.06 bits per heavy atom. The molecule has 1 saturated heterocycles. The van der Waals surface area contributed by atoms with Crippen molar-refractivity contribution in [1.29, 1.82) is 0 Å². The van der Waals surface area contributed by atoms with Crippen molar-refractivity contribution >= 4 is 33.6 Å². The predicted octanol–water partition coefficient (Wildman–Crippen LogP) is 1.80. The van der Waals surface area contributed by atoms with Gasteiger partial charge in [-0.15, -0.1) is 0 Å². The number of nitrogens with zero attached hydrogens (tertiary/aromatic N) is 2. The third-order valence-corrected chi connectivity index (χ3v) is 7.23. The van der Waals surface area contributed by atoms with Crippen molar-refractivity contribution in [2.24, 2.45) is 0 Å². The summed E-state index contributed by atoms with van der Waals surface area (Å²) < 4.78 is 37.3. The van der Waals surface area contributed by atoms with Gasteiger partial charge in [-0.3, -0.25) is 4.79 Å². The summed E-state index contributed by atoms with van der Waals surface area (Å²) >= 11 is 0. The number of carboxylic acid groups (broad SMARTS) is 1. The lowest BCUT2D eigenvalue weighted by Gasteiger charge is -2.32. The van der Waals surface area contributed by atoms with E-state index in [2.05, 4.69) is 0 Å². The molecule has 3 rings (SSSR count). The van der Waals surface area contributed by atoms with Crippen LogP contribution in [0.2, 0.25) is 0 Å². The van der Waals surface area contributed by atoms with Crippen LogP contribution < -0.4 is 4.90 Å². The van der Waals surface area contributed by atoms with E-state index in [9.17, 15) is 27.9 Å². The quantitative estimate of drug-likeness (QED) is 0.611. The Morgan fingerprint density at radius 2 is 1.79 bits per heavy atom. The maximum atomic E-state index is 13.3. The van der Waals surface area contributed by atoms with Crippen LogP contribution >= 0.6 is 0 Å². The number of benzene rings is 1. The van der Waals surface area contributed by atoms with Crippen molar-refractivity contribution in [2.75, 3.05) is 25.7 Å². The lowest BCUT2D eigenvalue weighted by Crippen LogP contribution is -2.47. The SMILES string of the molecule is COC(=O)C1=C(C(=O)OC)N(c2cccc(S(=O)(=O)N3CCCCC3C(=O)O)c2)C=CC=C1. The summed E-state index contributed by atoms with van der Waals surface area (Å²) in [6, 6.07) is 4.55. The fourth-order valence-corrected chi connectivity index (χ4v) is 5.43. The van der Waals surface area contributed by atoms with Gasteiger partial charge in [0.15, 0.2) is 0 Å². The average molecular weight is 477 g/mol. The molecule has 33 heavy (non-hydrogen) atoms. The molecule has 2 aliphatic heterocycles. The number of carbonyl (C=O) groups excluding carboxylic acids is 2. The van der Waals surface area contributed by atoms with Crippen molar-refractivity contribution in [3.63, 3.8) is 0 Å². The monoisotopic (exact) mass is 476 g/mol. The molecule has 176 valence electrons. The van der Waals surface area contributed by atoms with E-state index < -0.39 is 34.0 Å². The number of anilines is 1. The van der Waals surface area contributed by atoms with Crippen molar-refractivity contribution in [1.82, 2.24) is 4.31 Å². The minimum Gasteiger partial charge on any atom is -0.480 e. The third kappa shape index (κ3) is 4.83. The number of carboxylic acids is 1. The first-order valence-corrected chi connectivity index (χ1v) is 11.6. The number of hydrogen-bond acceptors (Lipinski definition) is 8. The molecule has 2 heterocycles. The van der Waals surface area contributed by atoms with Gasteiger partial charge in [0.05, 0.1) is 24.7 Å². The Balaban J connectivity index is 2.10. The van der Waals surface area contributed by atoms with E-state index in [4.69, 9.17) is 9.47 Å². The molecule has 1 aromatic rings. The van der Waals surface area contributed by atoms with Crippen LogP contribution in [0.4, 0.5) is 5.69 Å². The normalized spacial score (nSPS) is 19.2. The second-order valence-electron chi connectivity index (χ2n) is 7.28. The third-order valence-electron chi connectivity index (χ3n) is 5.33. The number of sulfonamides is 1. The molecule has 1 N–H and O–H groups in total. The van der Waals surface area contributed by atoms with E-state index in [0.29, 0.717) is 12.8 Å². The number of carbonyl (C=O) groups is 3. The number of ether oxygens (including phenoxy) is 2.